The van der Waals surface area contributed by atoms with Crippen LogP contribution in [0.15, 0.2) is 30.3 Å². The molecule has 1 aromatic rings. The number of carboxylic acids is 1. The van der Waals surface area contributed by atoms with E-state index in [2.05, 4.69) is 37.8 Å². The molecule has 1 aromatic carbocycles. The molecule has 0 saturated carbocycles. The first-order chi connectivity index (χ1) is 20.1. The van der Waals surface area contributed by atoms with Crippen molar-refractivity contribution >= 4 is 35.7 Å². The van der Waals surface area contributed by atoms with E-state index in [1.807, 2.05) is 0 Å². The highest BCUT2D eigenvalue weighted by atomic mass is 16.5. The molecule has 0 aliphatic heterocycles. The molecule has 42 heavy (non-hydrogen) atoms. The first-order valence-electron chi connectivity index (χ1n) is 13.5. The predicted octanol–water partition coefficient (Wildman–Crippen LogP) is -0.609. The van der Waals surface area contributed by atoms with Gasteiger partial charge in [0.15, 0.2) is 0 Å². The van der Waals surface area contributed by atoms with E-state index >= 15 is 0 Å². The number of likely N-dealkylation sites (N-methyl/N-ethyl adjacent to an activating group) is 2. The van der Waals surface area contributed by atoms with Crippen LogP contribution in [0.1, 0.15) is 44.1 Å². The van der Waals surface area contributed by atoms with Crippen LogP contribution in [0.3, 0.4) is 0 Å². The van der Waals surface area contributed by atoms with Gasteiger partial charge in [0.2, 0.25) is 23.6 Å². The van der Waals surface area contributed by atoms with Gasteiger partial charge < -0.3 is 41.7 Å². The molecule has 0 fully saturated rings. The lowest BCUT2D eigenvalue weighted by Gasteiger charge is -2.19. The molecule has 0 saturated heterocycles. The number of hydrogen-bond acceptors (Lipinski definition) is 8. The third kappa shape index (κ3) is 14.7. The zero-order chi connectivity index (χ0) is 31.3. The van der Waals surface area contributed by atoms with Crippen molar-refractivity contribution in [2.45, 2.75) is 63.3 Å². The number of terminal acetylenes is 1. The zero-order valence-electron chi connectivity index (χ0n) is 23.9. The number of carbonyl (C=O) groups is 6. The minimum Gasteiger partial charge on any atom is -0.480 e. The van der Waals surface area contributed by atoms with Crippen LogP contribution >= 0.6 is 0 Å². The zero-order valence-corrected chi connectivity index (χ0v) is 23.9. The molecule has 0 aliphatic rings. The quantitative estimate of drug-likeness (QED) is 0.0812. The van der Waals surface area contributed by atoms with E-state index in [0.717, 1.165) is 5.56 Å². The normalized spacial score (nSPS) is 12.4. The van der Waals surface area contributed by atoms with Crippen molar-refractivity contribution in [1.82, 2.24) is 31.9 Å². The highest BCUT2D eigenvalue weighted by Gasteiger charge is 2.24. The summed E-state index contributed by atoms with van der Waals surface area (Å²) in [6.07, 6.45) is 5.64. The van der Waals surface area contributed by atoms with Gasteiger partial charge in [0.25, 0.3) is 0 Å². The van der Waals surface area contributed by atoms with Crippen molar-refractivity contribution in [3.63, 3.8) is 0 Å². The average molecular weight is 589 g/mol. The minimum absolute atomic E-state index is 0.0516. The summed E-state index contributed by atoms with van der Waals surface area (Å²) in [5, 5.41) is 24.3. The Hall–Kier alpha value is -4.64. The summed E-state index contributed by atoms with van der Waals surface area (Å²) in [6.45, 7) is -0.279. The lowest BCUT2D eigenvalue weighted by molar-refractivity contribution is -0.141. The fourth-order valence-electron chi connectivity index (χ4n) is 3.68. The monoisotopic (exact) mass is 588 g/mol. The highest BCUT2D eigenvalue weighted by molar-refractivity contribution is 5.91. The molecule has 230 valence electrons. The van der Waals surface area contributed by atoms with E-state index in [-0.39, 0.29) is 43.7 Å². The van der Waals surface area contributed by atoms with Crippen LogP contribution in [0, 0.1) is 12.3 Å². The van der Waals surface area contributed by atoms with Gasteiger partial charge in [0.05, 0.1) is 12.6 Å². The van der Waals surface area contributed by atoms with E-state index in [1.165, 1.54) is 0 Å². The third-order valence-electron chi connectivity index (χ3n) is 6.01. The smallest absolute Gasteiger partial charge is 0.408 e. The van der Waals surface area contributed by atoms with E-state index < -0.39 is 42.5 Å². The van der Waals surface area contributed by atoms with Crippen LogP contribution in [-0.2, 0) is 35.3 Å². The lowest BCUT2D eigenvalue weighted by atomic mass is 10.1. The van der Waals surface area contributed by atoms with Gasteiger partial charge in [-0.25, -0.2) is 9.59 Å². The molecule has 14 nitrogen and oxygen atoms in total. The number of aliphatic carboxylic acids is 1. The van der Waals surface area contributed by atoms with Crippen molar-refractivity contribution < 1.29 is 38.6 Å². The lowest BCUT2D eigenvalue weighted by Crippen LogP contribution is -2.51. The van der Waals surface area contributed by atoms with Gasteiger partial charge in [-0.1, -0.05) is 30.3 Å². The topological polar surface area (TPSA) is 204 Å². The molecule has 5 amide bonds. The van der Waals surface area contributed by atoms with Gasteiger partial charge in [-0.3, -0.25) is 19.2 Å². The minimum atomic E-state index is -1.33. The van der Waals surface area contributed by atoms with Gasteiger partial charge in [0.1, 0.15) is 18.7 Å². The van der Waals surface area contributed by atoms with Crippen molar-refractivity contribution in [1.29, 1.82) is 0 Å². The fraction of sp³-hybridized carbons (Fsp3) is 0.500. The van der Waals surface area contributed by atoms with Crippen molar-refractivity contribution in [3.05, 3.63) is 35.9 Å². The Bertz CT molecular complexity index is 1090. The van der Waals surface area contributed by atoms with Crippen LogP contribution in [0.25, 0.3) is 0 Å². The summed E-state index contributed by atoms with van der Waals surface area (Å²) < 4.78 is 5.16. The van der Waals surface area contributed by atoms with Gasteiger partial charge >= 0.3 is 12.1 Å². The maximum absolute atomic E-state index is 12.8. The van der Waals surface area contributed by atoms with Crippen molar-refractivity contribution in [3.8, 4) is 12.3 Å². The molecule has 0 heterocycles. The molecule has 0 aromatic heterocycles. The standard InChI is InChI=1S/C28H40N6O8/c1-4-10-22(27(39)40)33-24(36)17-32-26(38)21(34-28(41)42-18-19-11-6-5-7-12-19)14-15-23(35)31-16-9-8-13-20(29-2)25(37)30-3/h1,5-7,11-12,20-22,29H,8-10,13-18H2,2-3H3,(H,30,37)(H,31,35)(H,32,38)(H,33,36)(H,34,41)(H,39,40)/t20?,21-,22?/m0/s1. The predicted molar refractivity (Wildman–Crippen MR) is 153 cm³/mol. The Kier molecular flexibility index (Phi) is 17.1. The van der Waals surface area contributed by atoms with Crippen molar-refractivity contribution in [2.24, 2.45) is 0 Å². The molecule has 3 atom stereocenters. The molecular weight excluding hydrogens is 548 g/mol. The fourth-order valence-corrected chi connectivity index (χ4v) is 3.68. The first kappa shape index (κ1) is 35.4. The summed E-state index contributed by atoms with van der Waals surface area (Å²) >= 11 is 0. The molecule has 0 aliphatic carbocycles. The summed E-state index contributed by atoms with van der Waals surface area (Å²) in [5.74, 6) is -1.23. The van der Waals surface area contributed by atoms with Crippen LogP contribution in [0.2, 0.25) is 0 Å². The molecule has 0 spiro atoms. The second-order valence-electron chi connectivity index (χ2n) is 9.18. The van der Waals surface area contributed by atoms with Crippen molar-refractivity contribution in [2.75, 3.05) is 27.2 Å². The number of ether oxygens (including phenoxy) is 1. The van der Waals surface area contributed by atoms with Gasteiger partial charge in [0, 0.05) is 26.4 Å². The number of carbonyl (C=O) groups excluding carboxylic acids is 5. The Morgan fingerprint density at radius 1 is 0.881 bits per heavy atom. The SMILES string of the molecule is C#CCC(NC(=O)CNC(=O)[C@H](CCC(=O)NCCCCC(NC)C(=O)NC)NC(=O)OCc1ccccc1)C(=O)O. The van der Waals surface area contributed by atoms with Crippen LogP contribution in [-0.4, -0.2) is 86.1 Å². The summed E-state index contributed by atoms with van der Waals surface area (Å²) in [5.41, 5.74) is 0.723. The van der Waals surface area contributed by atoms with Crippen LogP contribution in [0.5, 0.6) is 0 Å². The second-order valence-corrected chi connectivity index (χ2v) is 9.18. The van der Waals surface area contributed by atoms with E-state index in [4.69, 9.17) is 16.3 Å². The van der Waals surface area contributed by atoms with Crippen LogP contribution in [0.4, 0.5) is 4.79 Å². The van der Waals surface area contributed by atoms with Gasteiger partial charge in [-0.2, -0.15) is 0 Å². The Labute approximate surface area is 245 Å². The molecular formula is C28H40N6O8. The number of benzene rings is 1. The summed E-state index contributed by atoms with van der Waals surface area (Å²) in [6, 6.07) is 5.99. The number of rotatable bonds is 19. The maximum atomic E-state index is 12.8. The largest absolute Gasteiger partial charge is 0.480 e. The molecule has 7 N–H and O–H groups in total. The number of unbranched alkanes of at least 4 members (excludes halogenated alkanes) is 1. The number of alkyl carbamates (subject to hydrolysis) is 1. The molecule has 0 radical (unpaired) electrons. The molecule has 2 unspecified atom stereocenters. The Morgan fingerprint density at radius 3 is 2.21 bits per heavy atom. The van der Waals surface area contributed by atoms with Gasteiger partial charge in [-0.05, 0) is 38.3 Å². The number of amides is 5. The Morgan fingerprint density at radius 2 is 1.60 bits per heavy atom. The number of carboxylic acid groups (broad SMARTS) is 1. The molecule has 14 heteroatoms. The van der Waals surface area contributed by atoms with E-state index in [1.54, 1.807) is 44.4 Å². The molecule has 0 bridgehead atoms. The first-order valence-corrected chi connectivity index (χ1v) is 13.5. The second kappa shape index (κ2) is 20.3. The van der Waals surface area contributed by atoms with E-state index in [0.29, 0.717) is 25.8 Å². The summed E-state index contributed by atoms with van der Waals surface area (Å²) in [4.78, 5) is 72.6. The van der Waals surface area contributed by atoms with Crippen LogP contribution < -0.4 is 31.9 Å². The number of nitrogens with one attached hydrogen (secondary N) is 6. The Balaban J connectivity index is 2.64. The summed E-state index contributed by atoms with van der Waals surface area (Å²) in [7, 11) is 3.25. The highest BCUT2D eigenvalue weighted by Crippen LogP contribution is 2.04. The average Bonchev–Trinajstić information content (AvgIpc) is 2.98. The van der Waals surface area contributed by atoms with E-state index in [9.17, 15) is 28.8 Å². The molecule has 1 rings (SSSR count). The number of hydrogen-bond donors (Lipinski definition) is 7. The van der Waals surface area contributed by atoms with Gasteiger partial charge in [-0.15, -0.1) is 12.3 Å². The maximum Gasteiger partial charge on any atom is 0.408 e. The third-order valence-corrected chi connectivity index (χ3v) is 6.01.